The minimum absolute atomic E-state index is 0.0897. The van der Waals surface area contributed by atoms with Gasteiger partial charge in [-0.25, -0.2) is 0 Å². The lowest BCUT2D eigenvalue weighted by Gasteiger charge is -2.02. The number of allylic oxidation sites excluding steroid dienone is 1. The maximum Gasteiger partial charge on any atom is 0.248 e. The molecule has 0 saturated heterocycles. The van der Waals surface area contributed by atoms with Crippen molar-refractivity contribution in [3.8, 4) is 0 Å². The van der Waals surface area contributed by atoms with Crippen molar-refractivity contribution in [2.24, 2.45) is 0 Å². The third-order valence-corrected chi connectivity index (χ3v) is 1.60. The molecule has 0 spiro atoms. The third-order valence-electron chi connectivity index (χ3n) is 1.60. The molecule has 68 valence electrons. The lowest BCUT2D eigenvalue weighted by atomic mass is 10.2. The van der Waals surface area contributed by atoms with E-state index in [0.717, 1.165) is 11.3 Å². The highest BCUT2D eigenvalue weighted by Crippen LogP contribution is 2.09. The summed E-state index contributed by atoms with van der Waals surface area (Å²) < 4.78 is 0. The second-order valence-corrected chi connectivity index (χ2v) is 2.86. The van der Waals surface area contributed by atoms with Gasteiger partial charge in [0.15, 0.2) is 0 Å². The van der Waals surface area contributed by atoms with Gasteiger partial charge in [0.05, 0.1) is 0 Å². The standard InChI is InChI=1S/C11H13NO/c1-3-5-11(13)12-10-7-4-6-9(2)8-10/h3-8H,1-2H3,(H,12,13). The van der Waals surface area contributed by atoms with Gasteiger partial charge in [0.1, 0.15) is 0 Å². The molecule has 0 bridgehead atoms. The molecule has 2 nitrogen and oxygen atoms in total. The number of carbonyl (C=O) groups excluding carboxylic acids is 1. The molecule has 0 aliphatic rings. The first-order valence-corrected chi connectivity index (χ1v) is 4.22. The van der Waals surface area contributed by atoms with Crippen LogP contribution >= 0.6 is 0 Å². The molecule has 13 heavy (non-hydrogen) atoms. The van der Waals surface area contributed by atoms with Gasteiger partial charge in [-0.3, -0.25) is 4.79 Å². The molecule has 0 fully saturated rings. The van der Waals surface area contributed by atoms with E-state index in [4.69, 9.17) is 0 Å². The second kappa shape index (κ2) is 4.45. The van der Waals surface area contributed by atoms with Crippen molar-refractivity contribution in [3.05, 3.63) is 42.0 Å². The third kappa shape index (κ3) is 3.11. The average Bonchev–Trinajstić information content (AvgIpc) is 2.04. The molecule has 1 amide bonds. The average molecular weight is 175 g/mol. The Morgan fingerprint density at radius 1 is 1.46 bits per heavy atom. The van der Waals surface area contributed by atoms with Gasteiger partial charge in [0.25, 0.3) is 0 Å². The van der Waals surface area contributed by atoms with E-state index in [1.807, 2.05) is 38.1 Å². The summed E-state index contributed by atoms with van der Waals surface area (Å²) in [4.78, 5) is 11.1. The largest absolute Gasteiger partial charge is 0.323 e. The number of hydrogen-bond acceptors (Lipinski definition) is 1. The number of benzene rings is 1. The minimum Gasteiger partial charge on any atom is -0.323 e. The molecule has 0 atom stereocenters. The Kier molecular flexibility index (Phi) is 3.26. The van der Waals surface area contributed by atoms with Crippen LogP contribution in [0.25, 0.3) is 0 Å². The van der Waals surface area contributed by atoms with Crippen molar-refractivity contribution in [1.82, 2.24) is 0 Å². The zero-order valence-electron chi connectivity index (χ0n) is 7.87. The number of nitrogens with one attached hydrogen (secondary N) is 1. The van der Waals surface area contributed by atoms with E-state index >= 15 is 0 Å². The van der Waals surface area contributed by atoms with E-state index in [1.54, 1.807) is 6.08 Å². The van der Waals surface area contributed by atoms with E-state index in [-0.39, 0.29) is 5.91 Å². The maximum atomic E-state index is 11.1. The van der Waals surface area contributed by atoms with Crippen molar-refractivity contribution < 1.29 is 4.79 Å². The van der Waals surface area contributed by atoms with Crippen molar-refractivity contribution in [2.45, 2.75) is 13.8 Å². The van der Waals surface area contributed by atoms with Crippen LogP contribution in [-0.4, -0.2) is 5.91 Å². The van der Waals surface area contributed by atoms with Gasteiger partial charge in [0, 0.05) is 5.69 Å². The number of amides is 1. The molecule has 0 aromatic heterocycles. The van der Waals surface area contributed by atoms with Crippen molar-refractivity contribution in [2.75, 3.05) is 5.32 Å². The normalized spacial score (nSPS) is 10.3. The van der Waals surface area contributed by atoms with Gasteiger partial charge < -0.3 is 5.32 Å². The van der Waals surface area contributed by atoms with Crippen LogP contribution < -0.4 is 5.32 Å². The lowest BCUT2D eigenvalue weighted by molar-refractivity contribution is -0.111. The van der Waals surface area contributed by atoms with Crippen LogP contribution in [0.2, 0.25) is 0 Å². The summed E-state index contributed by atoms with van der Waals surface area (Å²) >= 11 is 0. The predicted octanol–water partition coefficient (Wildman–Crippen LogP) is 2.51. The van der Waals surface area contributed by atoms with Crippen molar-refractivity contribution >= 4 is 11.6 Å². The van der Waals surface area contributed by atoms with E-state index in [1.165, 1.54) is 6.08 Å². The van der Waals surface area contributed by atoms with Crippen LogP contribution in [0, 0.1) is 6.92 Å². The van der Waals surface area contributed by atoms with Gasteiger partial charge in [-0.2, -0.15) is 0 Å². The van der Waals surface area contributed by atoms with Crippen LogP contribution in [-0.2, 0) is 4.79 Å². The van der Waals surface area contributed by atoms with Gasteiger partial charge in [-0.15, -0.1) is 0 Å². The van der Waals surface area contributed by atoms with Gasteiger partial charge in [0.2, 0.25) is 5.91 Å². The molecule has 1 aromatic carbocycles. The van der Waals surface area contributed by atoms with E-state index < -0.39 is 0 Å². The molecule has 0 unspecified atom stereocenters. The number of aryl methyl sites for hydroxylation is 1. The number of rotatable bonds is 2. The minimum atomic E-state index is -0.0897. The fraction of sp³-hybridized carbons (Fsp3) is 0.182. The molecular weight excluding hydrogens is 162 g/mol. The Morgan fingerprint density at radius 2 is 2.23 bits per heavy atom. The summed E-state index contributed by atoms with van der Waals surface area (Å²) in [5.41, 5.74) is 1.97. The Morgan fingerprint density at radius 3 is 2.85 bits per heavy atom. The van der Waals surface area contributed by atoms with Crippen LogP contribution in [0.1, 0.15) is 12.5 Å². The molecule has 0 aliphatic carbocycles. The molecule has 0 saturated carbocycles. The second-order valence-electron chi connectivity index (χ2n) is 2.86. The first-order valence-electron chi connectivity index (χ1n) is 4.22. The number of carbonyl (C=O) groups is 1. The Hall–Kier alpha value is -1.57. The topological polar surface area (TPSA) is 29.1 Å². The summed E-state index contributed by atoms with van der Waals surface area (Å²) in [6, 6.07) is 7.71. The van der Waals surface area contributed by atoms with Crippen molar-refractivity contribution in [3.63, 3.8) is 0 Å². The maximum absolute atomic E-state index is 11.1. The van der Waals surface area contributed by atoms with Crippen LogP contribution in [0.5, 0.6) is 0 Å². The molecular formula is C11H13NO. The Balaban J connectivity index is 2.69. The first-order chi connectivity index (χ1) is 6.22. The monoisotopic (exact) mass is 175 g/mol. The van der Waals surface area contributed by atoms with Crippen molar-refractivity contribution in [1.29, 1.82) is 0 Å². The van der Waals surface area contributed by atoms with Gasteiger partial charge in [-0.05, 0) is 37.6 Å². The lowest BCUT2D eigenvalue weighted by Crippen LogP contribution is -2.07. The van der Waals surface area contributed by atoms with Crippen LogP contribution in [0.15, 0.2) is 36.4 Å². The number of hydrogen-bond donors (Lipinski definition) is 1. The van der Waals surface area contributed by atoms with Gasteiger partial charge >= 0.3 is 0 Å². The smallest absolute Gasteiger partial charge is 0.248 e. The molecule has 1 aromatic rings. The quantitative estimate of drug-likeness (QED) is 0.687. The van der Waals surface area contributed by atoms with E-state index in [9.17, 15) is 4.79 Å². The molecule has 1 rings (SSSR count). The molecule has 2 heteroatoms. The summed E-state index contributed by atoms with van der Waals surface area (Å²) in [6.45, 7) is 3.81. The van der Waals surface area contributed by atoms with Crippen LogP contribution in [0.3, 0.4) is 0 Å². The zero-order chi connectivity index (χ0) is 9.68. The Labute approximate surface area is 78.3 Å². The molecule has 0 aliphatic heterocycles. The molecule has 0 radical (unpaired) electrons. The highest BCUT2D eigenvalue weighted by molar-refractivity contribution is 5.99. The number of anilines is 1. The zero-order valence-corrected chi connectivity index (χ0v) is 7.87. The highest BCUT2D eigenvalue weighted by Gasteiger charge is 1.95. The summed E-state index contributed by atoms with van der Waals surface area (Å²) in [6.07, 6.45) is 3.22. The first kappa shape index (κ1) is 9.52. The summed E-state index contributed by atoms with van der Waals surface area (Å²) in [5, 5.41) is 2.76. The summed E-state index contributed by atoms with van der Waals surface area (Å²) in [5.74, 6) is -0.0897. The van der Waals surface area contributed by atoms with E-state index in [0.29, 0.717) is 0 Å². The molecule has 0 heterocycles. The fourth-order valence-electron chi connectivity index (χ4n) is 1.06. The van der Waals surface area contributed by atoms with E-state index in [2.05, 4.69) is 5.32 Å². The predicted molar refractivity (Wildman–Crippen MR) is 54.6 cm³/mol. The molecule has 1 N–H and O–H groups in total. The SMILES string of the molecule is CC=CC(=O)Nc1cccc(C)c1. The highest BCUT2D eigenvalue weighted by atomic mass is 16.1. The fourth-order valence-corrected chi connectivity index (χ4v) is 1.06. The van der Waals surface area contributed by atoms with Gasteiger partial charge in [-0.1, -0.05) is 18.2 Å². The van der Waals surface area contributed by atoms with Crippen LogP contribution in [0.4, 0.5) is 5.69 Å². The summed E-state index contributed by atoms with van der Waals surface area (Å²) in [7, 11) is 0. The Bertz CT molecular complexity index is 329.